The first-order chi connectivity index (χ1) is 7.18. The summed E-state index contributed by atoms with van der Waals surface area (Å²) in [6, 6.07) is 2.62. The molecule has 0 bridgehead atoms. The normalized spacial score (nSPS) is 12.8. The predicted molar refractivity (Wildman–Crippen MR) is 54.2 cm³/mol. The zero-order valence-corrected chi connectivity index (χ0v) is 9.75. The lowest BCUT2D eigenvalue weighted by Gasteiger charge is -2.12. The quantitative estimate of drug-likeness (QED) is 0.829. The molecule has 0 heterocycles. The van der Waals surface area contributed by atoms with Crippen LogP contribution in [0.5, 0.6) is 0 Å². The van der Waals surface area contributed by atoms with Crippen molar-refractivity contribution in [2.75, 3.05) is 5.75 Å². The second-order valence-corrected chi connectivity index (χ2v) is 5.72. The lowest BCUT2D eigenvalue weighted by molar-refractivity contribution is -0.139. The largest absolute Gasteiger partial charge is 0.417 e. The highest BCUT2D eigenvalue weighted by Gasteiger charge is 2.36. The monoisotopic (exact) mass is 272 g/mol. The van der Waals surface area contributed by atoms with Crippen molar-refractivity contribution in [2.24, 2.45) is 0 Å². The van der Waals surface area contributed by atoms with Crippen molar-refractivity contribution in [1.29, 1.82) is 0 Å². The summed E-state index contributed by atoms with van der Waals surface area (Å²) in [5.74, 6) is -0.391. The Hall–Kier alpha value is -0.750. The van der Waals surface area contributed by atoms with E-state index in [0.29, 0.717) is 6.07 Å². The highest BCUT2D eigenvalue weighted by atomic mass is 35.5. The molecular formula is C9H8ClF3O2S. The third kappa shape index (κ3) is 2.68. The first-order valence-corrected chi connectivity index (χ1v) is 6.31. The van der Waals surface area contributed by atoms with Crippen LogP contribution in [-0.4, -0.2) is 14.2 Å². The molecule has 1 aromatic carbocycles. The van der Waals surface area contributed by atoms with Crippen LogP contribution in [0, 0.1) is 0 Å². The molecule has 0 saturated heterocycles. The number of hydrogen-bond donors (Lipinski definition) is 0. The number of halogens is 4. The molecule has 0 aromatic heterocycles. The van der Waals surface area contributed by atoms with Crippen LogP contribution in [-0.2, 0) is 16.0 Å². The van der Waals surface area contributed by atoms with E-state index in [9.17, 15) is 21.6 Å². The van der Waals surface area contributed by atoms with E-state index in [1.54, 1.807) is 0 Å². The Morgan fingerprint density at radius 1 is 1.31 bits per heavy atom. The van der Waals surface area contributed by atoms with Crippen molar-refractivity contribution in [3.8, 4) is 0 Å². The van der Waals surface area contributed by atoms with Gasteiger partial charge in [0.05, 0.1) is 16.2 Å². The van der Waals surface area contributed by atoms with E-state index in [4.69, 9.17) is 11.6 Å². The van der Waals surface area contributed by atoms with Crippen molar-refractivity contribution in [1.82, 2.24) is 0 Å². The fourth-order valence-electron chi connectivity index (χ4n) is 1.15. The van der Waals surface area contributed by atoms with E-state index in [-0.39, 0.29) is 5.02 Å². The lowest BCUT2D eigenvalue weighted by atomic mass is 10.2. The second kappa shape index (κ2) is 4.25. The van der Waals surface area contributed by atoms with Crippen molar-refractivity contribution in [3.63, 3.8) is 0 Å². The molecule has 0 fully saturated rings. The molecule has 0 aliphatic carbocycles. The lowest BCUT2D eigenvalue weighted by Crippen LogP contribution is -2.14. The van der Waals surface area contributed by atoms with Gasteiger partial charge in [-0.25, -0.2) is 8.42 Å². The number of benzene rings is 1. The fourth-order valence-corrected chi connectivity index (χ4v) is 2.42. The third-order valence-corrected chi connectivity index (χ3v) is 3.98. The van der Waals surface area contributed by atoms with Crippen LogP contribution in [0.3, 0.4) is 0 Å². The average Bonchev–Trinajstić information content (AvgIpc) is 2.16. The van der Waals surface area contributed by atoms with Gasteiger partial charge < -0.3 is 0 Å². The summed E-state index contributed by atoms with van der Waals surface area (Å²) in [4.78, 5) is -0.730. The van der Waals surface area contributed by atoms with Crippen molar-refractivity contribution in [2.45, 2.75) is 18.0 Å². The summed E-state index contributed by atoms with van der Waals surface area (Å²) in [7, 11) is -3.91. The highest BCUT2D eigenvalue weighted by Crippen LogP contribution is 2.36. The molecule has 0 radical (unpaired) electrons. The number of rotatable bonds is 2. The molecule has 0 amide bonds. The van der Waals surface area contributed by atoms with E-state index < -0.39 is 32.2 Å². The van der Waals surface area contributed by atoms with E-state index in [1.165, 1.54) is 6.92 Å². The highest BCUT2D eigenvalue weighted by molar-refractivity contribution is 7.91. The Morgan fingerprint density at radius 2 is 1.88 bits per heavy atom. The van der Waals surface area contributed by atoms with Crippen molar-refractivity contribution in [3.05, 3.63) is 28.8 Å². The molecule has 0 atom stereocenters. The maximum Gasteiger partial charge on any atom is 0.417 e. The molecule has 90 valence electrons. The summed E-state index contributed by atoms with van der Waals surface area (Å²) >= 11 is 5.42. The molecule has 0 unspecified atom stereocenters. The zero-order chi connectivity index (χ0) is 12.6. The van der Waals surface area contributed by atoms with Crippen LogP contribution in [0.4, 0.5) is 13.2 Å². The molecule has 16 heavy (non-hydrogen) atoms. The first-order valence-electron chi connectivity index (χ1n) is 4.28. The maximum atomic E-state index is 12.6. The van der Waals surface area contributed by atoms with Crippen molar-refractivity contribution < 1.29 is 21.6 Å². The standard InChI is InChI=1S/C9H8ClF3O2S/c1-2-16(14,15)8-4-3-6(10)5-7(8)9(11,12)13/h3-5H,2H2,1H3. The van der Waals surface area contributed by atoms with Crippen LogP contribution in [0.2, 0.25) is 5.02 Å². The fraction of sp³-hybridized carbons (Fsp3) is 0.333. The molecule has 0 aliphatic rings. The van der Waals surface area contributed by atoms with Crippen molar-refractivity contribution >= 4 is 21.4 Å². The zero-order valence-electron chi connectivity index (χ0n) is 8.18. The minimum Gasteiger partial charge on any atom is -0.224 e. The Labute approximate surface area is 96.0 Å². The summed E-state index contributed by atoms with van der Waals surface area (Å²) in [5.41, 5.74) is -1.22. The van der Waals surface area contributed by atoms with Crippen LogP contribution in [0.15, 0.2) is 23.1 Å². The van der Waals surface area contributed by atoms with Gasteiger partial charge in [0.2, 0.25) is 0 Å². The van der Waals surface area contributed by atoms with Gasteiger partial charge in [0.25, 0.3) is 0 Å². The molecule has 0 N–H and O–H groups in total. The van der Waals surface area contributed by atoms with E-state index in [2.05, 4.69) is 0 Å². The summed E-state index contributed by atoms with van der Waals surface area (Å²) in [6.07, 6.45) is -4.73. The Kier molecular flexibility index (Phi) is 3.54. The number of sulfone groups is 1. The molecule has 0 spiro atoms. The van der Waals surface area contributed by atoms with Gasteiger partial charge in [0, 0.05) is 5.02 Å². The van der Waals surface area contributed by atoms with Gasteiger partial charge >= 0.3 is 6.18 Å². The Balaban J connectivity index is 3.53. The number of alkyl halides is 3. The topological polar surface area (TPSA) is 34.1 Å². The molecule has 0 aliphatic heterocycles. The first kappa shape index (κ1) is 13.3. The predicted octanol–water partition coefficient (Wildman–Crippen LogP) is 3.15. The van der Waals surface area contributed by atoms with Gasteiger partial charge in [-0.05, 0) is 18.2 Å². The van der Waals surface area contributed by atoms with Crippen LogP contribution < -0.4 is 0 Å². The Morgan fingerprint density at radius 3 is 2.31 bits per heavy atom. The maximum absolute atomic E-state index is 12.6. The summed E-state index contributed by atoms with van der Waals surface area (Å²) in [5, 5.41) is -0.151. The Bertz CT molecular complexity index is 494. The van der Waals surface area contributed by atoms with Crippen LogP contribution in [0.25, 0.3) is 0 Å². The van der Waals surface area contributed by atoms with Gasteiger partial charge in [-0.2, -0.15) is 13.2 Å². The van der Waals surface area contributed by atoms with E-state index in [0.717, 1.165) is 12.1 Å². The molecule has 0 saturated carbocycles. The molecule has 7 heteroatoms. The average molecular weight is 273 g/mol. The van der Waals surface area contributed by atoms with Crippen LogP contribution in [0.1, 0.15) is 12.5 Å². The summed E-state index contributed by atoms with van der Waals surface area (Å²) in [6.45, 7) is 1.28. The number of hydrogen-bond acceptors (Lipinski definition) is 2. The molecule has 2 nitrogen and oxygen atoms in total. The molecule has 1 rings (SSSR count). The molecular weight excluding hydrogens is 265 g/mol. The second-order valence-electron chi connectivity index (χ2n) is 3.04. The minimum absolute atomic E-state index is 0.151. The van der Waals surface area contributed by atoms with Gasteiger partial charge in [0.1, 0.15) is 0 Å². The van der Waals surface area contributed by atoms with Gasteiger partial charge in [-0.15, -0.1) is 0 Å². The van der Waals surface area contributed by atoms with Gasteiger partial charge in [-0.1, -0.05) is 18.5 Å². The minimum atomic E-state index is -4.73. The summed E-state index contributed by atoms with van der Waals surface area (Å²) < 4.78 is 60.6. The van der Waals surface area contributed by atoms with Crippen LogP contribution >= 0.6 is 11.6 Å². The smallest absolute Gasteiger partial charge is 0.224 e. The van der Waals surface area contributed by atoms with Gasteiger partial charge in [0.15, 0.2) is 9.84 Å². The molecule has 1 aromatic rings. The SMILES string of the molecule is CCS(=O)(=O)c1ccc(Cl)cc1C(F)(F)F. The third-order valence-electron chi connectivity index (χ3n) is 1.96. The van der Waals surface area contributed by atoms with Gasteiger partial charge in [-0.3, -0.25) is 0 Å². The van der Waals surface area contributed by atoms with E-state index in [1.807, 2.05) is 0 Å². The van der Waals surface area contributed by atoms with E-state index >= 15 is 0 Å².